The highest BCUT2D eigenvalue weighted by atomic mass is 16.5. The molecule has 0 radical (unpaired) electrons. The monoisotopic (exact) mass is 752 g/mol. The average Bonchev–Trinajstić information content (AvgIpc) is 3.99. The van der Waals surface area contributed by atoms with E-state index in [1.807, 2.05) is 62.4 Å². The van der Waals surface area contributed by atoms with E-state index in [0.29, 0.717) is 23.9 Å². The summed E-state index contributed by atoms with van der Waals surface area (Å²) >= 11 is 0. The Labute approximate surface area is 320 Å². The van der Waals surface area contributed by atoms with Crippen LogP contribution in [-0.2, 0) is 19.1 Å². The van der Waals surface area contributed by atoms with Crippen molar-refractivity contribution in [1.29, 1.82) is 0 Å². The fourth-order valence-corrected chi connectivity index (χ4v) is 6.30. The molecule has 1 fully saturated rings. The van der Waals surface area contributed by atoms with Crippen LogP contribution >= 0.6 is 0 Å². The number of methoxy groups -OCH3 is 2. The fourth-order valence-electron chi connectivity index (χ4n) is 6.30. The lowest BCUT2D eigenvalue weighted by Gasteiger charge is -2.30. The number of rotatable bonds is 12. The Kier molecular flexibility index (Phi) is 13.3. The zero-order chi connectivity index (χ0) is 39.6. The number of ether oxygens (including phenoxy) is 2. The molecule has 4 atom stereocenters. The summed E-state index contributed by atoms with van der Waals surface area (Å²) in [5.74, 6) is 6.49. The lowest BCUT2D eigenvalue weighted by molar-refractivity contribution is -0.135. The first-order valence-electron chi connectivity index (χ1n) is 18.2. The first-order valence-corrected chi connectivity index (χ1v) is 18.2. The summed E-state index contributed by atoms with van der Waals surface area (Å²) in [5.41, 5.74) is 4.91. The Hall–Kier alpha value is -6.14. The van der Waals surface area contributed by atoms with Gasteiger partial charge in [0.15, 0.2) is 0 Å². The second kappa shape index (κ2) is 18.3. The number of aliphatic hydroxyl groups is 1. The smallest absolute Gasteiger partial charge is 0.407 e. The number of hydrogen-bond acceptors (Lipinski definition) is 9. The van der Waals surface area contributed by atoms with E-state index in [9.17, 15) is 24.3 Å². The first-order chi connectivity index (χ1) is 26.4. The molecule has 0 unspecified atom stereocenters. The third kappa shape index (κ3) is 9.89. The van der Waals surface area contributed by atoms with Crippen molar-refractivity contribution in [3.05, 3.63) is 83.7 Å². The van der Waals surface area contributed by atoms with Gasteiger partial charge >= 0.3 is 12.2 Å². The van der Waals surface area contributed by atoms with Crippen molar-refractivity contribution in [2.75, 3.05) is 27.4 Å². The van der Waals surface area contributed by atoms with Crippen molar-refractivity contribution in [2.24, 2.45) is 11.8 Å². The van der Waals surface area contributed by atoms with E-state index in [1.54, 1.807) is 31.1 Å². The molecule has 0 aliphatic carbocycles. The van der Waals surface area contributed by atoms with Crippen LogP contribution in [0, 0.1) is 23.7 Å². The molecule has 6 N–H and O–H groups in total. The van der Waals surface area contributed by atoms with Crippen molar-refractivity contribution in [3.8, 4) is 34.4 Å². The van der Waals surface area contributed by atoms with Crippen LogP contribution in [0.25, 0.3) is 22.5 Å². The van der Waals surface area contributed by atoms with Gasteiger partial charge in [0.25, 0.3) is 0 Å². The van der Waals surface area contributed by atoms with Crippen molar-refractivity contribution < 1.29 is 33.8 Å². The molecule has 0 bridgehead atoms. The predicted molar refractivity (Wildman–Crippen MR) is 204 cm³/mol. The standard InChI is InChI=1S/C40H48N8O7/c1-23(2)33(46-39(52)54-5)37(50)45-31(22-49)35-41-20-29(43-35)27-15-11-25(12-16-27)9-10-26-13-17-28(18-14-26)30-21-42-36(44-30)32-8-7-19-48(32)38(51)34(24(3)4)47-40(53)55-6/h11-18,20-21,23-24,31-34,49H,7-8,19,22H2,1-6H3,(H,41,43)(H,42,44)(H,45,50)(H,46,52)(H,47,53)/t31-,32-,33-,34-/m0/s1. The molecular formula is C40H48N8O7. The zero-order valence-electron chi connectivity index (χ0n) is 31.8. The van der Waals surface area contributed by atoms with Gasteiger partial charge in [-0.05, 0) is 60.1 Å². The van der Waals surface area contributed by atoms with Gasteiger partial charge in [0.2, 0.25) is 11.8 Å². The first kappa shape index (κ1) is 40.1. The molecule has 1 aliphatic rings. The molecule has 1 saturated heterocycles. The molecule has 15 heteroatoms. The number of imidazole rings is 2. The van der Waals surface area contributed by atoms with Gasteiger partial charge in [-0.2, -0.15) is 0 Å². The second-order valence-electron chi connectivity index (χ2n) is 13.9. The van der Waals surface area contributed by atoms with Gasteiger partial charge in [0.05, 0.1) is 50.6 Å². The van der Waals surface area contributed by atoms with Crippen molar-refractivity contribution in [3.63, 3.8) is 0 Å². The Morgan fingerprint density at radius 1 is 0.800 bits per heavy atom. The Bertz CT molecular complexity index is 2010. The lowest BCUT2D eigenvalue weighted by Crippen LogP contribution is -2.51. The minimum Gasteiger partial charge on any atom is -0.453 e. The molecule has 3 heterocycles. The number of carbonyl (C=O) groups is 4. The van der Waals surface area contributed by atoms with E-state index in [2.05, 4.69) is 52.5 Å². The summed E-state index contributed by atoms with van der Waals surface area (Å²) in [6.45, 7) is 7.53. The van der Waals surface area contributed by atoms with Gasteiger partial charge in [0, 0.05) is 17.7 Å². The fraction of sp³-hybridized carbons (Fsp3) is 0.400. The summed E-state index contributed by atoms with van der Waals surface area (Å²) in [6, 6.07) is 12.8. The summed E-state index contributed by atoms with van der Waals surface area (Å²) < 4.78 is 9.36. The third-order valence-electron chi connectivity index (χ3n) is 9.41. The zero-order valence-corrected chi connectivity index (χ0v) is 31.8. The summed E-state index contributed by atoms with van der Waals surface area (Å²) in [6.07, 6.45) is 3.63. The van der Waals surface area contributed by atoms with E-state index in [1.165, 1.54) is 14.2 Å². The second-order valence-corrected chi connectivity index (χ2v) is 13.9. The molecular weight excluding hydrogens is 704 g/mol. The van der Waals surface area contributed by atoms with E-state index in [4.69, 9.17) is 4.74 Å². The Balaban J connectivity index is 1.20. The van der Waals surface area contributed by atoms with Crippen LogP contribution in [0.15, 0.2) is 60.9 Å². The maximum absolute atomic E-state index is 13.5. The Morgan fingerprint density at radius 2 is 1.33 bits per heavy atom. The molecule has 2 aromatic heterocycles. The van der Waals surface area contributed by atoms with Crippen molar-refractivity contribution in [1.82, 2.24) is 40.8 Å². The van der Waals surface area contributed by atoms with Gasteiger partial charge < -0.3 is 45.4 Å². The number of aliphatic hydroxyl groups excluding tert-OH is 1. The van der Waals surface area contributed by atoms with Gasteiger partial charge in [-0.25, -0.2) is 19.6 Å². The SMILES string of the molecule is COC(=O)N[C@H](C(=O)N[C@@H](CO)c1ncc(-c2ccc(C#Cc3ccc(-c4cnc([C@@H]5CCCN5C(=O)[C@@H](NC(=O)OC)C(C)C)[nH]4)cc3)cc2)[nH]1)C(C)C. The van der Waals surface area contributed by atoms with Crippen LogP contribution in [-0.4, -0.2) is 93.4 Å². The highest BCUT2D eigenvalue weighted by Gasteiger charge is 2.37. The highest BCUT2D eigenvalue weighted by molar-refractivity contribution is 5.87. The number of carbonyl (C=O) groups excluding carboxylic acids is 4. The van der Waals surface area contributed by atoms with Crippen LogP contribution in [0.2, 0.25) is 0 Å². The number of likely N-dealkylation sites (tertiary alicyclic amines) is 1. The molecule has 0 spiro atoms. The van der Waals surface area contributed by atoms with Crippen LogP contribution in [0.4, 0.5) is 9.59 Å². The van der Waals surface area contributed by atoms with Crippen molar-refractivity contribution >= 4 is 24.0 Å². The Morgan fingerprint density at radius 3 is 1.85 bits per heavy atom. The van der Waals surface area contributed by atoms with Gasteiger partial charge in [-0.15, -0.1) is 0 Å². The minimum absolute atomic E-state index is 0.115. The number of nitrogens with one attached hydrogen (secondary N) is 5. The highest BCUT2D eigenvalue weighted by Crippen LogP contribution is 2.33. The molecule has 290 valence electrons. The summed E-state index contributed by atoms with van der Waals surface area (Å²) in [4.78, 5) is 67.3. The average molecular weight is 753 g/mol. The largest absolute Gasteiger partial charge is 0.453 e. The van der Waals surface area contributed by atoms with E-state index in [-0.39, 0.29) is 23.8 Å². The van der Waals surface area contributed by atoms with Crippen LogP contribution in [0.3, 0.4) is 0 Å². The molecule has 5 rings (SSSR count). The number of H-pyrrole nitrogens is 2. The lowest BCUT2D eigenvalue weighted by atomic mass is 10.0. The van der Waals surface area contributed by atoms with Crippen LogP contribution in [0.1, 0.15) is 75.4 Å². The van der Waals surface area contributed by atoms with Gasteiger partial charge in [-0.1, -0.05) is 63.8 Å². The third-order valence-corrected chi connectivity index (χ3v) is 9.41. The molecule has 4 amide bonds. The number of aromatic nitrogens is 4. The normalized spacial score (nSPS) is 15.4. The molecule has 4 aromatic rings. The number of alkyl carbamates (subject to hydrolysis) is 2. The number of benzene rings is 2. The van der Waals surface area contributed by atoms with Crippen LogP contribution in [0.5, 0.6) is 0 Å². The summed E-state index contributed by atoms with van der Waals surface area (Å²) in [7, 11) is 2.50. The molecule has 1 aliphatic heterocycles. The number of amides is 4. The molecule has 15 nitrogen and oxygen atoms in total. The van der Waals surface area contributed by atoms with E-state index >= 15 is 0 Å². The van der Waals surface area contributed by atoms with E-state index in [0.717, 1.165) is 40.8 Å². The number of hydrogen-bond donors (Lipinski definition) is 6. The van der Waals surface area contributed by atoms with Gasteiger partial charge in [0.1, 0.15) is 29.8 Å². The molecule has 0 saturated carbocycles. The minimum atomic E-state index is -0.858. The maximum Gasteiger partial charge on any atom is 0.407 e. The van der Waals surface area contributed by atoms with Gasteiger partial charge in [-0.3, -0.25) is 9.59 Å². The topological polar surface area (TPSA) is 204 Å². The van der Waals surface area contributed by atoms with E-state index < -0.39 is 42.8 Å². The molecule has 2 aromatic carbocycles. The number of nitrogens with zero attached hydrogens (tertiary/aromatic N) is 3. The summed E-state index contributed by atoms with van der Waals surface area (Å²) in [5, 5.41) is 17.9. The predicted octanol–water partition coefficient (Wildman–Crippen LogP) is 4.44. The van der Waals surface area contributed by atoms with Crippen LogP contribution < -0.4 is 16.0 Å². The molecule has 55 heavy (non-hydrogen) atoms. The number of aromatic amines is 2. The maximum atomic E-state index is 13.5. The van der Waals surface area contributed by atoms with Crippen molar-refractivity contribution in [2.45, 2.75) is 64.7 Å². The quantitative estimate of drug-likeness (QED) is 0.113.